The molecule has 2 fully saturated rings. The Labute approximate surface area is 147 Å². The van der Waals surface area contributed by atoms with Crippen molar-refractivity contribution in [1.29, 1.82) is 0 Å². The number of rotatable bonds is 5. The molecular weight excluding hydrogens is 340 g/mol. The third-order valence-electron chi connectivity index (χ3n) is 5.19. The Balaban J connectivity index is 1.43. The van der Waals surface area contributed by atoms with Crippen LogP contribution >= 0.6 is 0 Å². The first-order valence-corrected chi connectivity index (χ1v) is 9.98. The lowest BCUT2D eigenvalue weighted by molar-refractivity contribution is 0.0572. The maximum absolute atomic E-state index is 12.7. The monoisotopic (exact) mass is 360 g/mol. The molecule has 1 atom stereocenters. The van der Waals surface area contributed by atoms with Crippen molar-refractivity contribution in [2.24, 2.45) is 5.92 Å². The summed E-state index contributed by atoms with van der Waals surface area (Å²) in [6, 6.07) is 5.94. The van der Waals surface area contributed by atoms with E-state index in [0.717, 1.165) is 12.1 Å². The highest BCUT2D eigenvalue weighted by atomic mass is 32.2. The molecule has 132 valence electrons. The van der Waals surface area contributed by atoms with Crippen LogP contribution in [-0.2, 0) is 16.4 Å². The smallest absolute Gasteiger partial charge is 0.316 e. The predicted molar refractivity (Wildman–Crippen MR) is 91.7 cm³/mol. The van der Waals surface area contributed by atoms with E-state index in [-0.39, 0.29) is 11.7 Å². The summed E-state index contributed by atoms with van der Waals surface area (Å²) in [6.45, 7) is 2.20. The zero-order chi connectivity index (χ0) is 17.3. The molecule has 0 bridgehead atoms. The van der Waals surface area contributed by atoms with Crippen LogP contribution in [0.25, 0.3) is 0 Å². The van der Waals surface area contributed by atoms with Crippen molar-refractivity contribution in [1.82, 2.24) is 19.9 Å². The molecule has 7 nitrogen and oxygen atoms in total. The molecule has 1 spiro atoms. The van der Waals surface area contributed by atoms with Gasteiger partial charge < -0.3 is 4.74 Å². The molecule has 0 saturated carbocycles. The lowest BCUT2D eigenvalue weighted by Crippen LogP contribution is -2.67. The average Bonchev–Trinajstić information content (AvgIpc) is 2.86. The molecule has 2 saturated heterocycles. The molecule has 0 radical (unpaired) electrons. The zero-order valence-electron chi connectivity index (χ0n) is 13.8. The van der Waals surface area contributed by atoms with Crippen molar-refractivity contribution in [3.8, 4) is 6.01 Å². The molecule has 4 rings (SSSR count). The third kappa shape index (κ3) is 3.00. The van der Waals surface area contributed by atoms with Crippen LogP contribution in [0.1, 0.15) is 12.0 Å². The fraction of sp³-hybridized carbons (Fsp3) is 0.471. The highest BCUT2D eigenvalue weighted by molar-refractivity contribution is 7.93. The van der Waals surface area contributed by atoms with Crippen LogP contribution in [0, 0.1) is 5.92 Å². The minimum absolute atomic E-state index is 0.0185. The molecule has 0 aromatic carbocycles. The van der Waals surface area contributed by atoms with Gasteiger partial charge in [0.05, 0.1) is 12.4 Å². The summed E-state index contributed by atoms with van der Waals surface area (Å²) in [5.41, 5.74) is 1.14. The number of hydrogen-bond acceptors (Lipinski definition) is 7. The fourth-order valence-electron chi connectivity index (χ4n) is 3.81. The number of hydrogen-bond donors (Lipinski definition) is 0. The Kier molecular flexibility index (Phi) is 4.16. The minimum Gasteiger partial charge on any atom is -0.463 e. The van der Waals surface area contributed by atoms with Gasteiger partial charge in [0.25, 0.3) is 0 Å². The fourth-order valence-corrected chi connectivity index (χ4v) is 6.27. The van der Waals surface area contributed by atoms with Gasteiger partial charge in [0.1, 0.15) is 4.75 Å². The lowest BCUT2D eigenvalue weighted by atomic mass is 9.83. The molecule has 8 heteroatoms. The van der Waals surface area contributed by atoms with Crippen molar-refractivity contribution in [3.05, 3.63) is 48.5 Å². The van der Waals surface area contributed by atoms with Crippen LogP contribution in [0.15, 0.2) is 43.0 Å². The summed E-state index contributed by atoms with van der Waals surface area (Å²) in [5, 5.41) is 0. The summed E-state index contributed by atoms with van der Waals surface area (Å²) >= 11 is 0. The van der Waals surface area contributed by atoms with Gasteiger partial charge in [-0.05, 0) is 30.2 Å². The van der Waals surface area contributed by atoms with Crippen LogP contribution in [0.5, 0.6) is 6.01 Å². The predicted octanol–water partition coefficient (Wildman–Crippen LogP) is 0.940. The second kappa shape index (κ2) is 6.34. The first kappa shape index (κ1) is 16.4. The van der Waals surface area contributed by atoms with E-state index in [1.165, 1.54) is 0 Å². The largest absolute Gasteiger partial charge is 0.463 e. The van der Waals surface area contributed by atoms with E-state index < -0.39 is 14.6 Å². The highest BCUT2D eigenvalue weighted by Gasteiger charge is 2.61. The van der Waals surface area contributed by atoms with Crippen molar-refractivity contribution < 1.29 is 13.2 Å². The van der Waals surface area contributed by atoms with Gasteiger partial charge in [0, 0.05) is 50.3 Å². The van der Waals surface area contributed by atoms with Gasteiger partial charge in [-0.2, -0.15) is 0 Å². The van der Waals surface area contributed by atoms with Crippen LogP contribution in [0.2, 0.25) is 0 Å². The van der Waals surface area contributed by atoms with Gasteiger partial charge in [-0.25, -0.2) is 18.4 Å². The first-order chi connectivity index (χ1) is 12.1. The number of likely N-dealkylation sites (tertiary alicyclic amines) is 1. The number of ether oxygens (including phenoxy) is 1. The van der Waals surface area contributed by atoms with E-state index >= 15 is 0 Å². The molecule has 1 unspecified atom stereocenters. The first-order valence-electron chi connectivity index (χ1n) is 8.32. The maximum atomic E-state index is 12.7. The van der Waals surface area contributed by atoms with E-state index in [0.29, 0.717) is 32.1 Å². The molecule has 0 N–H and O–H groups in total. The molecule has 25 heavy (non-hydrogen) atoms. The second-order valence-corrected chi connectivity index (χ2v) is 9.16. The van der Waals surface area contributed by atoms with Crippen LogP contribution in [0.3, 0.4) is 0 Å². The highest BCUT2D eigenvalue weighted by Crippen LogP contribution is 2.45. The molecule has 2 aromatic heterocycles. The molecule has 2 aliphatic heterocycles. The molecule has 0 aliphatic carbocycles. The van der Waals surface area contributed by atoms with E-state index in [2.05, 4.69) is 19.9 Å². The van der Waals surface area contributed by atoms with Gasteiger partial charge in [0.15, 0.2) is 9.84 Å². The number of aromatic nitrogens is 3. The van der Waals surface area contributed by atoms with E-state index in [1.54, 1.807) is 30.9 Å². The molecule has 2 aromatic rings. The Morgan fingerprint density at radius 1 is 1.16 bits per heavy atom. The molecular formula is C17H20N4O3S. The summed E-state index contributed by atoms with van der Waals surface area (Å²) in [6.07, 6.45) is 7.38. The number of sulfone groups is 1. The van der Waals surface area contributed by atoms with E-state index in [1.807, 2.05) is 12.1 Å². The van der Waals surface area contributed by atoms with Crippen molar-refractivity contribution in [2.45, 2.75) is 17.7 Å². The van der Waals surface area contributed by atoms with Crippen LogP contribution in [-0.4, -0.2) is 58.5 Å². The van der Waals surface area contributed by atoms with Crippen LogP contribution < -0.4 is 4.74 Å². The van der Waals surface area contributed by atoms with Crippen LogP contribution in [0.4, 0.5) is 0 Å². The van der Waals surface area contributed by atoms with E-state index in [9.17, 15) is 8.42 Å². The van der Waals surface area contributed by atoms with Crippen molar-refractivity contribution >= 4 is 9.84 Å². The van der Waals surface area contributed by atoms with Gasteiger partial charge >= 0.3 is 6.01 Å². The quantitative estimate of drug-likeness (QED) is 0.784. The summed E-state index contributed by atoms with van der Waals surface area (Å²) in [5.74, 6) is 0.217. The standard InChI is InChI=1S/C17H20N4O3S/c22-25(23)9-4-15(11-24-16-19-5-1-6-20-16)17(25)12-21(13-17)10-14-2-7-18-8-3-14/h1-3,5-8,15H,4,9-13H2. The lowest BCUT2D eigenvalue weighted by Gasteiger charge is -2.49. The molecule has 0 amide bonds. The average molecular weight is 360 g/mol. The third-order valence-corrected chi connectivity index (χ3v) is 7.80. The van der Waals surface area contributed by atoms with Gasteiger partial charge in [-0.3, -0.25) is 9.88 Å². The van der Waals surface area contributed by atoms with Crippen molar-refractivity contribution in [3.63, 3.8) is 0 Å². The summed E-state index contributed by atoms with van der Waals surface area (Å²) in [4.78, 5) is 14.3. The van der Waals surface area contributed by atoms with Gasteiger partial charge in [-0.15, -0.1) is 0 Å². The normalized spacial score (nSPS) is 24.1. The van der Waals surface area contributed by atoms with Crippen molar-refractivity contribution in [2.75, 3.05) is 25.4 Å². The minimum atomic E-state index is -3.10. The van der Waals surface area contributed by atoms with Gasteiger partial charge in [-0.1, -0.05) is 0 Å². The van der Waals surface area contributed by atoms with E-state index in [4.69, 9.17) is 4.74 Å². The maximum Gasteiger partial charge on any atom is 0.316 e. The second-order valence-electron chi connectivity index (χ2n) is 6.71. The Hall–Kier alpha value is -2.06. The Bertz CT molecular complexity index is 823. The Morgan fingerprint density at radius 3 is 2.60 bits per heavy atom. The number of nitrogens with zero attached hydrogens (tertiary/aromatic N) is 4. The summed E-state index contributed by atoms with van der Waals surface area (Å²) < 4.78 is 30.3. The Morgan fingerprint density at radius 2 is 1.88 bits per heavy atom. The molecule has 4 heterocycles. The topological polar surface area (TPSA) is 85.3 Å². The zero-order valence-corrected chi connectivity index (χ0v) is 14.6. The molecule has 2 aliphatic rings. The SMILES string of the molecule is O=S1(=O)CCC(COc2ncccn2)C12CN(Cc1ccncc1)C2. The number of pyridine rings is 1. The van der Waals surface area contributed by atoms with Gasteiger partial charge in [0.2, 0.25) is 0 Å². The summed E-state index contributed by atoms with van der Waals surface area (Å²) in [7, 11) is -3.10.